The predicted molar refractivity (Wildman–Crippen MR) is 56.7 cm³/mol. The van der Waals surface area contributed by atoms with Gasteiger partial charge in [0.25, 0.3) is 0 Å². The van der Waals surface area contributed by atoms with Gasteiger partial charge in [-0.2, -0.15) is 0 Å². The van der Waals surface area contributed by atoms with Crippen molar-refractivity contribution in [3.8, 4) is 0 Å². The van der Waals surface area contributed by atoms with Crippen LogP contribution in [0.15, 0.2) is 22.8 Å². The zero-order chi connectivity index (χ0) is 9.42. The molecule has 0 saturated heterocycles. The van der Waals surface area contributed by atoms with Crippen molar-refractivity contribution in [3.05, 3.63) is 27.8 Å². The van der Waals surface area contributed by atoms with Gasteiger partial charge in [-0.15, -0.1) is 0 Å². The quantitative estimate of drug-likeness (QED) is 0.739. The molecule has 0 bridgehead atoms. The number of nitrogen functional groups attached to an aromatic ring is 1. The van der Waals surface area contributed by atoms with Crippen LogP contribution in [-0.4, -0.2) is 9.97 Å². The molecule has 0 unspecified atom stereocenters. The standard InChI is InChI=1S/C8H5BrClN3/c9-7-4-2-1-3-5(10)6(4)12-8(11)13-7/h1-3H,(H2,11,12,13). The Kier molecular flexibility index (Phi) is 2.09. The maximum Gasteiger partial charge on any atom is 0.221 e. The van der Waals surface area contributed by atoms with Crippen LogP contribution >= 0.6 is 27.5 Å². The van der Waals surface area contributed by atoms with Crippen LogP contribution in [0.25, 0.3) is 10.9 Å². The number of anilines is 1. The number of halogens is 2. The first-order chi connectivity index (χ1) is 6.18. The lowest BCUT2D eigenvalue weighted by atomic mass is 10.2. The summed E-state index contributed by atoms with van der Waals surface area (Å²) in [7, 11) is 0. The third-order valence-electron chi connectivity index (χ3n) is 1.65. The van der Waals surface area contributed by atoms with Gasteiger partial charge in [0.2, 0.25) is 5.95 Å². The smallest absolute Gasteiger partial charge is 0.221 e. The third-order valence-corrected chi connectivity index (χ3v) is 2.56. The maximum atomic E-state index is 5.93. The largest absolute Gasteiger partial charge is 0.368 e. The van der Waals surface area contributed by atoms with E-state index in [9.17, 15) is 0 Å². The van der Waals surface area contributed by atoms with Crippen molar-refractivity contribution in [2.75, 3.05) is 5.73 Å². The summed E-state index contributed by atoms with van der Waals surface area (Å²) in [6.07, 6.45) is 0. The molecule has 0 spiro atoms. The van der Waals surface area contributed by atoms with Gasteiger partial charge in [-0.3, -0.25) is 0 Å². The van der Waals surface area contributed by atoms with Crippen molar-refractivity contribution in [2.24, 2.45) is 0 Å². The molecule has 2 rings (SSSR count). The van der Waals surface area contributed by atoms with Crippen LogP contribution in [0, 0.1) is 0 Å². The van der Waals surface area contributed by atoms with Gasteiger partial charge in [-0.25, -0.2) is 9.97 Å². The Balaban J connectivity index is 2.94. The van der Waals surface area contributed by atoms with Crippen LogP contribution in [0.4, 0.5) is 5.95 Å². The summed E-state index contributed by atoms with van der Waals surface area (Å²) in [5, 5.41) is 1.44. The van der Waals surface area contributed by atoms with Gasteiger partial charge in [0.1, 0.15) is 4.60 Å². The summed E-state index contributed by atoms with van der Waals surface area (Å²) < 4.78 is 0.664. The topological polar surface area (TPSA) is 51.8 Å². The molecule has 3 nitrogen and oxygen atoms in total. The van der Waals surface area contributed by atoms with Crippen LogP contribution in [0.3, 0.4) is 0 Å². The van der Waals surface area contributed by atoms with E-state index in [0.717, 1.165) is 5.39 Å². The highest BCUT2D eigenvalue weighted by atomic mass is 79.9. The highest BCUT2D eigenvalue weighted by Crippen LogP contribution is 2.26. The number of nitrogens with zero attached hydrogens (tertiary/aromatic N) is 2. The molecule has 0 amide bonds. The van der Waals surface area contributed by atoms with Crippen LogP contribution < -0.4 is 5.73 Å². The van der Waals surface area contributed by atoms with Gasteiger partial charge in [-0.05, 0) is 28.1 Å². The highest BCUT2D eigenvalue weighted by Gasteiger charge is 2.05. The fourth-order valence-electron chi connectivity index (χ4n) is 1.10. The molecule has 0 saturated carbocycles. The first-order valence-electron chi connectivity index (χ1n) is 3.56. The molecule has 0 aliphatic carbocycles. The lowest BCUT2D eigenvalue weighted by molar-refractivity contribution is 1.21. The summed E-state index contributed by atoms with van der Waals surface area (Å²) in [5.41, 5.74) is 6.15. The van der Waals surface area contributed by atoms with Gasteiger partial charge < -0.3 is 5.73 Å². The molecule has 0 fully saturated rings. The maximum absolute atomic E-state index is 5.93. The van der Waals surface area contributed by atoms with Gasteiger partial charge in [-0.1, -0.05) is 17.7 Å². The van der Waals surface area contributed by atoms with Crippen molar-refractivity contribution in [2.45, 2.75) is 0 Å². The fraction of sp³-hybridized carbons (Fsp3) is 0. The van der Waals surface area contributed by atoms with E-state index in [-0.39, 0.29) is 5.95 Å². The second kappa shape index (κ2) is 3.12. The molecule has 1 aromatic carbocycles. The number of fused-ring (bicyclic) bond motifs is 1. The van der Waals surface area contributed by atoms with Crippen molar-refractivity contribution >= 4 is 44.4 Å². The summed E-state index contributed by atoms with van der Waals surface area (Å²) in [6.45, 7) is 0. The Morgan fingerprint density at radius 1 is 1.31 bits per heavy atom. The van der Waals surface area contributed by atoms with Crippen molar-refractivity contribution in [1.82, 2.24) is 9.97 Å². The molecule has 0 aliphatic rings. The van der Waals surface area contributed by atoms with E-state index in [2.05, 4.69) is 25.9 Å². The SMILES string of the molecule is Nc1nc(Br)c2cccc(Cl)c2n1. The normalized spacial score (nSPS) is 10.6. The monoisotopic (exact) mass is 257 g/mol. The van der Waals surface area contributed by atoms with Crippen LogP contribution in [0.5, 0.6) is 0 Å². The first-order valence-corrected chi connectivity index (χ1v) is 4.73. The van der Waals surface area contributed by atoms with E-state index < -0.39 is 0 Å². The number of benzene rings is 1. The minimum absolute atomic E-state index is 0.215. The van der Waals surface area contributed by atoms with Gasteiger partial charge >= 0.3 is 0 Å². The Hall–Kier alpha value is -0.870. The first kappa shape index (κ1) is 8.72. The molecule has 0 radical (unpaired) electrons. The zero-order valence-corrected chi connectivity index (χ0v) is 8.80. The van der Waals surface area contributed by atoms with Crippen molar-refractivity contribution < 1.29 is 0 Å². The summed E-state index contributed by atoms with van der Waals surface area (Å²) in [5.74, 6) is 0.215. The second-order valence-corrected chi connectivity index (χ2v) is 3.67. The van der Waals surface area contributed by atoms with E-state index >= 15 is 0 Å². The molecule has 1 aromatic heterocycles. The minimum Gasteiger partial charge on any atom is -0.368 e. The lowest BCUT2D eigenvalue weighted by Crippen LogP contribution is -1.95. The van der Waals surface area contributed by atoms with E-state index in [4.69, 9.17) is 17.3 Å². The van der Waals surface area contributed by atoms with Gasteiger partial charge in [0.05, 0.1) is 10.5 Å². The van der Waals surface area contributed by atoms with E-state index in [1.807, 2.05) is 12.1 Å². The third kappa shape index (κ3) is 1.47. The molecule has 1 heterocycles. The van der Waals surface area contributed by atoms with Crippen molar-refractivity contribution in [3.63, 3.8) is 0 Å². The molecular formula is C8H5BrClN3. The molecule has 13 heavy (non-hydrogen) atoms. The number of rotatable bonds is 0. The predicted octanol–water partition coefficient (Wildman–Crippen LogP) is 2.63. The number of hydrogen-bond donors (Lipinski definition) is 1. The van der Waals surface area contributed by atoms with Crippen LogP contribution in [0.1, 0.15) is 0 Å². The average molecular weight is 259 g/mol. The highest BCUT2D eigenvalue weighted by molar-refractivity contribution is 9.10. The molecule has 2 aromatic rings. The number of para-hydroxylation sites is 1. The Morgan fingerprint density at radius 3 is 2.85 bits per heavy atom. The zero-order valence-electron chi connectivity index (χ0n) is 6.46. The summed E-state index contributed by atoms with van der Waals surface area (Å²) in [6, 6.07) is 5.49. The van der Waals surface area contributed by atoms with Crippen LogP contribution in [-0.2, 0) is 0 Å². The minimum atomic E-state index is 0.215. The van der Waals surface area contributed by atoms with E-state index in [1.165, 1.54) is 0 Å². The van der Waals surface area contributed by atoms with E-state index in [1.54, 1.807) is 6.07 Å². The van der Waals surface area contributed by atoms with Gasteiger partial charge in [0, 0.05) is 5.39 Å². The molecule has 2 N–H and O–H groups in total. The average Bonchev–Trinajstić information content (AvgIpc) is 2.07. The molecule has 5 heteroatoms. The second-order valence-electron chi connectivity index (χ2n) is 2.51. The van der Waals surface area contributed by atoms with Crippen molar-refractivity contribution in [1.29, 1.82) is 0 Å². The number of aromatic nitrogens is 2. The van der Waals surface area contributed by atoms with Gasteiger partial charge in [0.15, 0.2) is 0 Å². The Morgan fingerprint density at radius 2 is 2.08 bits per heavy atom. The van der Waals surface area contributed by atoms with Crippen LogP contribution in [0.2, 0.25) is 5.02 Å². The number of nitrogens with two attached hydrogens (primary N) is 1. The Labute approximate surface area is 88.1 Å². The number of hydrogen-bond acceptors (Lipinski definition) is 3. The molecular weight excluding hydrogens is 253 g/mol. The molecule has 0 atom stereocenters. The lowest BCUT2D eigenvalue weighted by Gasteiger charge is -2.01. The molecule has 66 valence electrons. The molecule has 0 aliphatic heterocycles. The Bertz CT molecular complexity index is 472. The van der Waals surface area contributed by atoms with E-state index in [0.29, 0.717) is 15.1 Å². The summed E-state index contributed by atoms with van der Waals surface area (Å²) >= 11 is 9.23. The summed E-state index contributed by atoms with van der Waals surface area (Å²) in [4.78, 5) is 8.01. The fourth-order valence-corrected chi connectivity index (χ4v) is 1.81.